The summed E-state index contributed by atoms with van der Waals surface area (Å²) in [5.74, 6) is -0.253. The average Bonchev–Trinajstić information content (AvgIpc) is 3.15. The number of hydrogen-bond donors (Lipinski definition) is 2. The highest BCUT2D eigenvalue weighted by molar-refractivity contribution is 5.84. The fraction of sp³-hybridized carbons (Fsp3) is 0.826. The van der Waals surface area contributed by atoms with Gasteiger partial charge in [-0.15, -0.1) is 0 Å². The molecule has 0 spiro atoms. The number of aromatic nitrogens is 1. The van der Waals surface area contributed by atoms with E-state index in [2.05, 4.69) is 59.6 Å². The quantitative estimate of drug-likeness (QED) is 0.0401. The third-order valence-corrected chi connectivity index (χ3v) is 10.5. The van der Waals surface area contributed by atoms with Crippen LogP contribution in [0.2, 0.25) is 0 Å². The van der Waals surface area contributed by atoms with Crippen molar-refractivity contribution in [1.29, 1.82) is 0 Å². The van der Waals surface area contributed by atoms with Crippen LogP contribution in [-0.4, -0.2) is 36.5 Å². The van der Waals surface area contributed by atoms with Crippen LogP contribution in [0.4, 0.5) is 0 Å². The summed E-state index contributed by atoms with van der Waals surface area (Å²) in [6.45, 7) is 8.16. The third kappa shape index (κ3) is 31.6. The zero-order chi connectivity index (χ0) is 38.5. The summed E-state index contributed by atoms with van der Waals surface area (Å²) in [6.07, 6.45) is 38.5. The minimum atomic E-state index is -0.629. The summed E-state index contributed by atoms with van der Waals surface area (Å²) in [6, 6.07) is 5.59. The van der Waals surface area contributed by atoms with E-state index in [-0.39, 0.29) is 23.9 Å². The second kappa shape index (κ2) is 36.5. The summed E-state index contributed by atoms with van der Waals surface area (Å²) in [5, 5.41) is 6.07. The first kappa shape index (κ1) is 48.6. The molecule has 0 fully saturated rings. The van der Waals surface area contributed by atoms with E-state index in [4.69, 9.17) is 4.74 Å². The van der Waals surface area contributed by atoms with Gasteiger partial charge in [-0.1, -0.05) is 148 Å². The van der Waals surface area contributed by atoms with Gasteiger partial charge in [-0.25, -0.2) is 9.36 Å². The van der Waals surface area contributed by atoms with E-state index in [0.717, 1.165) is 64.3 Å². The van der Waals surface area contributed by atoms with E-state index in [9.17, 15) is 14.4 Å². The molecule has 7 nitrogen and oxygen atoms in total. The van der Waals surface area contributed by atoms with Gasteiger partial charge in [0.05, 0.1) is 6.10 Å². The Kier molecular flexibility index (Phi) is 33.5. The van der Waals surface area contributed by atoms with Crippen LogP contribution in [-0.2, 0) is 25.7 Å². The van der Waals surface area contributed by atoms with Crippen LogP contribution in [0.25, 0.3) is 0 Å². The van der Waals surface area contributed by atoms with Gasteiger partial charge in [-0.2, -0.15) is 0 Å². The maximum atomic E-state index is 13.3. The number of unbranched alkanes of at least 4 members (excludes halogenated alkanes) is 23. The number of carbonyl (C=O) groups excluding carboxylic acids is 3. The molecule has 0 aliphatic heterocycles. The van der Waals surface area contributed by atoms with E-state index in [1.54, 1.807) is 0 Å². The molecule has 306 valence electrons. The van der Waals surface area contributed by atoms with Crippen molar-refractivity contribution < 1.29 is 23.7 Å². The fourth-order valence-corrected chi connectivity index (χ4v) is 7.03. The lowest BCUT2D eigenvalue weighted by atomic mass is 10.1. The standard InChI is InChI=1S/C46H83N3O4/c1-4-6-8-10-12-14-18-22-27-36-44(50)47-38-30-29-35-43(48-45(51)37-28-23-19-15-13-11-9-7-5-2)46(52)53-42(3)34-26-21-17-16-20-24-31-39-49-40-32-25-33-41-49/h25,32-33,40-43H,4-24,26-31,34-39H2,1-3H3,(H-,47,48,50,51)/p+1/t42?,43-/m0/s1. The second-order valence-electron chi connectivity index (χ2n) is 15.7. The van der Waals surface area contributed by atoms with Crippen LogP contribution in [0.15, 0.2) is 30.6 Å². The van der Waals surface area contributed by atoms with Gasteiger partial charge in [0.25, 0.3) is 0 Å². The molecule has 53 heavy (non-hydrogen) atoms. The predicted molar refractivity (Wildman–Crippen MR) is 222 cm³/mol. The lowest BCUT2D eigenvalue weighted by molar-refractivity contribution is -0.697. The highest BCUT2D eigenvalue weighted by Gasteiger charge is 2.23. The van der Waals surface area contributed by atoms with E-state index < -0.39 is 6.04 Å². The van der Waals surface area contributed by atoms with Crippen molar-refractivity contribution >= 4 is 17.8 Å². The molecule has 1 unspecified atom stereocenters. The van der Waals surface area contributed by atoms with E-state index >= 15 is 0 Å². The van der Waals surface area contributed by atoms with E-state index in [0.29, 0.717) is 25.8 Å². The largest absolute Gasteiger partial charge is 0.461 e. The molecular weight excluding hydrogens is 659 g/mol. The maximum Gasteiger partial charge on any atom is 0.328 e. The normalized spacial score (nSPS) is 12.4. The maximum absolute atomic E-state index is 13.3. The van der Waals surface area contributed by atoms with Crippen LogP contribution in [0.5, 0.6) is 0 Å². The van der Waals surface area contributed by atoms with Gasteiger partial charge in [0, 0.05) is 37.9 Å². The van der Waals surface area contributed by atoms with Gasteiger partial charge in [0.1, 0.15) is 12.6 Å². The summed E-state index contributed by atoms with van der Waals surface area (Å²) < 4.78 is 8.13. The molecule has 0 aliphatic carbocycles. The molecule has 1 rings (SSSR count). The van der Waals surface area contributed by atoms with Gasteiger partial charge in [-0.3, -0.25) is 9.59 Å². The average molecular weight is 743 g/mol. The predicted octanol–water partition coefficient (Wildman–Crippen LogP) is 11.6. The number of carbonyl (C=O) groups is 3. The molecule has 1 aromatic rings. The fourth-order valence-electron chi connectivity index (χ4n) is 7.03. The van der Waals surface area contributed by atoms with Gasteiger partial charge in [0.2, 0.25) is 11.8 Å². The molecule has 2 N–H and O–H groups in total. The monoisotopic (exact) mass is 743 g/mol. The molecule has 0 radical (unpaired) electrons. The number of nitrogens with zero attached hydrogens (tertiary/aromatic N) is 1. The Hall–Kier alpha value is -2.44. The van der Waals surface area contributed by atoms with Crippen LogP contribution in [0.1, 0.15) is 220 Å². The van der Waals surface area contributed by atoms with Gasteiger partial charge < -0.3 is 15.4 Å². The van der Waals surface area contributed by atoms with Crippen LogP contribution in [0.3, 0.4) is 0 Å². The SMILES string of the molecule is CCCCCCCCCCCC(=O)NCCCC[C@H](NC(=O)CCCCCCCCCCC)C(=O)OC(C)CCCCCCCCC[n+]1ccccc1. The van der Waals surface area contributed by atoms with Crippen molar-refractivity contribution in [3.63, 3.8) is 0 Å². The molecule has 0 aliphatic rings. The molecule has 7 heteroatoms. The molecule has 0 aromatic carbocycles. The smallest absolute Gasteiger partial charge is 0.328 e. The zero-order valence-electron chi connectivity index (χ0n) is 35.0. The van der Waals surface area contributed by atoms with Gasteiger partial charge in [0.15, 0.2) is 12.4 Å². The number of ether oxygens (including phenoxy) is 1. The summed E-state index contributed by atoms with van der Waals surface area (Å²) in [5.41, 5.74) is 0. The molecule has 0 saturated carbocycles. The number of esters is 1. The number of nitrogens with one attached hydrogen (secondary N) is 2. The van der Waals surface area contributed by atoms with Crippen molar-refractivity contribution in [3.8, 4) is 0 Å². The Morgan fingerprint density at radius 1 is 0.528 bits per heavy atom. The van der Waals surface area contributed by atoms with E-state index in [1.165, 1.54) is 122 Å². The van der Waals surface area contributed by atoms with Crippen molar-refractivity contribution in [2.45, 2.75) is 239 Å². The van der Waals surface area contributed by atoms with Crippen molar-refractivity contribution in [3.05, 3.63) is 30.6 Å². The van der Waals surface area contributed by atoms with E-state index in [1.807, 2.05) is 6.92 Å². The number of aryl methyl sites for hydroxylation is 1. The first-order valence-electron chi connectivity index (χ1n) is 22.7. The van der Waals surface area contributed by atoms with Crippen LogP contribution >= 0.6 is 0 Å². The highest BCUT2D eigenvalue weighted by atomic mass is 16.5. The summed E-state index contributed by atoms with van der Waals surface area (Å²) in [7, 11) is 0. The molecule has 1 heterocycles. The van der Waals surface area contributed by atoms with Crippen molar-refractivity contribution in [2.75, 3.05) is 6.54 Å². The minimum absolute atomic E-state index is 0.0563. The Bertz CT molecular complexity index is 988. The molecule has 2 atom stereocenters. The van der Waals surface area contributed by atoms with Crippen LogP contribution in [0, 0.1) is 0 Å². The van der Waals surface area contributed by atoms with Crippen molar-refractivity contribution in [2.24, 2.45) is 0 Å². The molecule has 0 bridgehead atoms. The Balaban J connectivity index is 2.32. The summed E-state index contributed by atoms with van der Waals surface area (Å²) in [4.78, 5) is 38.5. The number of pyridine rings is 1. The highest BCUT2D eigenvalue weighted by Crippen LogP contribution is 2.15. The Morgan fingerprint density at radius 2 is 0.981 bits per heavy atom. The summed E-state index contributed by atoms with van der Waals surface area (Å²) >= 11 is 0. The Morgan fingerprint density at radius 3 is 1.53 bits per heavy atom. The lowest BCUT2D eigenvalue weighted by Gasteiger charge is -2.21. The topological polar surface area (TPSA) is 88.4 Å². The molecule has 2 amide bonds. The first-order chi connectivity index (χ1) is 26.0. The number of amides is 2. The lowest BCUT2D eigenvalue weighted by Crippen LogP contribution is -2.42. The number of rotatable bonds is 38. The second-order valence-corrected chi connectivity index (χ2v) is 15.7. The molecular formula is C46H84N3O4+. The number of hydrogen-bond acceptors (Lipinski definition) is 4. The first-order valence-corrected chi connectivity index (χ1v) is 22.7. The zero-order valence-corrected chi connectivity index (χ0v) is 35.0. The van der Waals surface area contributed by atoms with Crippen LogP contribution < -0.4 is 15.2 Å². The van der Waals surface area contributed by atoms with Gasteiger partial charge in [-0.05, 0) is 58.3 Å². The Labute approximate surface area is 327 Å². The minimum Gasteiger partial charge on any atom is -0.461 e. The molecule has 0 saturated heterocycles. The molecule has 1 aromatic heterocycles. The third-order valence-electron chi connectivity index (χ3n) is 10.5. The van der Waals surface area contributed by atoms with Gasteiger partial charge >= 0.3 is 5.97 Å². The van der Waals surface area contributed by atoms with Crippen molar-refractivity contribution in [1.82, 2.24) is 10.6 Å².